The first-order chi connectivity index (χ1) is 18.7. The molecule has 39 heavy (non-hydrogen) atoms. The minimum Gasteiger partial charge on any atom is -0.394 e. The predicted molar refractivity (Wildman–Crippen MR) is 153 cm³/mol. The minimum absolute atomic E-state index is 0.00790. The first-order valence-electron chi connectivity index (χ1n) is 14.4. The van der Waals surface area contributed by atoms with Gasteiger partial charge in [0.1, 0.15) is 0 Å². The molecule has 6 nitrogen and oxygen atoms in total. The summed E-state index contributed by atoms with van der Waals surface area (Å²) < 4.78 is 22.2. The van der Waals surface area contributed by atoms with Crippen LogP contribution in [0.15, 0.2) is 48.5 Å². The molecular formula is C31H41FN2O4Si. The maximum absolute atomic E-state index is 15.7. The number of anilines is 1. The Hall–Kier alpha value is -2.55. The highest BCUT2D eigenvalue weighted by molar-refractivity contribution is 6.72. The number of rotatable bonds is 8. The zero-order valence-electron chi connectivity index (χ0n) is 23.3. The van der Waals surface area contributed by atoms with Crippen LogP contribution >= 0.6 is 0 Å². The van der Waals surface area contributed by atoms with Crippen molar-refractivity contribution in [1.29, 1.82) is 0 Å². The van der Waals surface area contributed by atoms with Gasteiger partial charge in [-0.15, -0.1) is 0 Å². The van der Waals surface area contributed by atoms with Crippen LogP contribution in [-0.4, -0.2) is 61.6 Å². The van der Waals surface area contributed by atoms with Crippen LogP contribution in [0.25, 0.3) is 0 Å². The standard InChI is InChI=1S/C31H41FN2O4Si/c1-21-27(14-13-22-8-6-11-25(16-22)33-15-7-12-29(33)36)38-28(31(21)39(2,3)32)18-30(37)34-19-24-10-5-4-9-23(24)17-26(34)20-35/h4-6,8-11,16,21,26-28,31,35H,7,12-15,17-20H2,1-3H3/t21-,26+,27+,28-,31+/m1/s1. The van der Waals surface area contributed by atoms with E-state index in [1.165, 1.54) is 5.56 Å². The van der Waals surface area contributed by atoms with E-state index in [0.717, 1.165) is 42.6 Å². The van der Waals surface area contributed by atoms with Crippen molar-refractivity contribution < 1.29 is 23.5 Å². The molecule has 0 aromatic heterocycles. The Balaban J connectivity index is 1.27. The number of amides is 2. The number of ether oxygens (including phenoxy) is 1. The highest BCUT2D eigenvalue weighted by Crippen LogP contribution is 2.47. The van der Waals surface area contributed by atoms with Crippen LogP contribution in [0.1, 0.15) is 49.3 Å². The molecule has 0 radical (unpaired) electrons. The van der Waals surface area contributed by atoms with Crippen molar-refractivity contribution in [3.8, 4) is 0 Å². The smallest absolute Gasteiger partial charge is 0.246 e. The molecule has 0 aliphatic carbocycles. The minimum atomic E-state index is -3.12. The maximum atomic E-state index is 15.7. The fourth-order valence-corrected chi connectivity index (χ4v) is 9.56. The van der Waals surface area contributed by atoms with Crippen LogP contribution in [0.5, 0.6) is 0 Å². The van der Waals surface area contributed by atoms with Crippen molar-refractivity contribution in [2.45, 2.75) is 88.9 Å². The van der Waals surface area contributed by atoms with Gasteiger partial charge in [0, 0.05) is 30.7 Å². The summed E-state index contributed by atoms with van der Waals surface area (Å²) in [7, 11) is -3.12. The van der Waals surface area contributed by atoms with Gasteiger partial charge in [-0.1, -0.05) is 43.3 Å². The molecule has 3 aliphatic heterocycles. The number of fused-ring (bicyclic) bond motifs is 1. The maximum Gasteiger partial charge on any atom is 0.246 e. The number of halogens is 1. The SMILES string of the molecule is C[C@H]1[C@H]([Si](C)(C)F)[C@@H](CC(=O)N2Cc3ccccc3C[C@H]2CO)O[C@H]1CCc1cccc(N2CCCC2=O)c1. The van der Waals surface area contributed by atoms with Gasteiger partial charge in [-0.2, -0.15) is 0 Å². The summed E-state index contributed by atoms with van der Waals surface area (Å²) in [6.07, 6.45) is 3.16. The Morgan fingerprint density at radius 2 is 1.90 bits per heavy atom. The summed E-state index contributed by atoms with van der Waals surface area (Å²) in [5.41, 5.74) is 4.07. The zero-order chi connectivity index (χ0) is 27.7. The van der Waals surface area contributed by atoms with Crippen molar-refractivity contribution in [3.63, 3.8) is 0 Å². The van der Waals surface area contributed by atoms with Gasteiger partial charge in [0.15, 0.2) is 0 Å². The molecule has 3 aliphatic rings. The van der Waals surface area contributed by atoms with Crippen molar-refractivity contribution in [1.82, 2.24) is 4.90 Å². The van der Waals surface area contributed by atoms with E-state index in [0.29, 0.717) is 19.4 Å². The second kappa shape index (κ2) is 11.5. The highest BCUT2D eigenvalue weighted by Gasteiger charge is 2.52. The fraction of sp³-hybridized carbons (Fsp3) is 0.548. The van der Waals surface area contributed by atoms with Crippen molar-refractivity contribution >= 4 is 25.9 Å². The summed E-state index contributed by atoms with van der Waals surface area (Å²) >= 11 is 0. The molecule has 2 aromatic rings. The van der Waals surface area contributed by atoms with Gasteiger partial charge in [-0.3, -0.25) is 9.59 Å². The molecule has 2 aromatic carbocycles. The normalized spacial score (nSPS) is 27.2. The summed E-state index contributed by atoms with van der Waals surface area (Å²) in [5.74, 6) is 0.104. The Morgan fingerprint density at radius 3 is 2.59 bits per heavy atom. The third kappa shape index (κ3) is 5.98. The van der Waals surface area contributed by atoms with E-state index >= 15 is 4.11 Å². The van der Waals surface area contributed by atoms with E-state index in [1.807, 2.05) is 35.2 Å². The molecular weight excluding hydrogens is 511 g/mol. The molecule has 2 fully saturated rings. The summed E-state index contributed by atoms with van der Waals surface area (Å²) in [6.45, 7) is 6.64. The van der Waals surface area contributed by atoms with Crippen LogP contribution in [0, 0.1) is 5.92 Å². The van der Waals surface area contributed by atoms with Gasteiger partial charge in [-0.25, -0.2) is 0 Å². The summed E-state index contributed by atoms with van der Waals surface area (Å²) in [4.78, 5) is 29.4. The lowest BCUT2D eigenvalue weighted by atomic mass is 9.93. The lowest BCUT2D eigenvalue weighted by molar-refractivity contribution is -0.138. The number of hydrogen-bond donors (Lipinski definition) is 1. The van der Waals surface area contributed by atoms with Crippen LogP contribution in [0.4, 0.5) is 9.80 Å². The van der Waals surface area contributed by atoms with E-state index in [9.17, 15) is 14.7 Å². The van der Waals surface area contributed by atoms with E-state index in [4.69, 9.17) is 4.74 Å². The number of nitrogens with zero attached hydrogens (tertiary/aromatic N) is 2. The van der Waals surface area contributed by atoms with Gasteiger partial charge in [-0.05, 0) is 73.5 Å². The summed E-state index contributed by atoms with van der Waals surface area (Å²) in [6, 6.07) is 15.9. The Kier molecular flexibility index (Phi) is 8.26. The fourth-order valence-electron chi connectivity index (χ4n) is 7.02. The number of carbonyl (C=O) groups is 2. The van der Waals surface area contributed by atoms with Gasteiger partial charge < -0.3 is 23.8 Å². The van der Waals surface area contributed by atoms with E-state index in [1.54, 1.807) is 18.0 Å². The Bertz CT molecular complexity index is 1200. The molecule has 0 bridgehead atoms. The number of hydrogen-bond acceptors (Lipinski definition) is 4. The van der Waals surface area contributed by atoms with Gasteiger partial charge >= 0.3 is 0 Å². The molecule has 3 heterocycles. The third-order valence-electron chi connectivity index (χ3n) is 8.97. The number of aryl methyl sites for hydroxylation is 1. The molecule has 0 unspecified atom stereocenters. The van der Waals surface area contributed by atoms with Crippen LogP contribution in [0.3, 0.4) is 0 Å². The number of benzene rings is 2. The zero-order valence-corrected chi connectivity index (χ0v) is 24.3. The monoisotopic (exact) mass is 552 g/mol. The molecule has 1 N–H and O–H groups in total. The Labute approximate surface area is 232 Å². The topological polar surface area (TPSA) is 70.1 Å². The molecule has 210 valence electrons. The average Bonchev–Trinajstić information content (AvgIpc) is 3.48. The van der Waals surface area contributed by atoms with Crippen molar-refractivity contribution in [2.75, 3.05) is 18.1 Å². The Morgan fingerprint density at radius 1 is 1.13 bits per heavy atom. The largest absolute Gasteiger partial charge is 0.394 e. The average molecular weight is 553 g/mol. The number of aliphatic hydroxyl groups is 1. The molecule has 5 rings (SSSR count). The van der Waals surface area contributed by atoms with Crippen LogP contribution in [0.2, 0.25) is 18.6 Å². The van der Waals surface area contributed by atoms with E-state index in [-0.39, 0.29) is 48.4 Å². The van der Waals surface area contributed by atoms with Gasteiger partial charge in [0.2, 0.25) is 20.2 Å². The van der Waals surface area contributed by atoms with Crippen molar-refractivity contribution in [2.24, 2.45) is 5.92 Å². The first kappa shape index (κ1) is 28.0. The second-order valence-corrected chi connectivity index (χ2v) is 15.9. The lowest BCUT2D eigenvalue weighted by Gasteiger charge is -2.37. The second-order valence-electron chi connectivity index (χ2n) is 12.1. The molecule has 0 saturated carbocycles. The van der Waals surface area contributed by atoms with Crippen LogP contribution < -0.4 is 4.90 Å². The third-order valence-corrected chi connectivity index (χ3v) is 11.5. The van der Waals surface area contributed by atoms with Gasteiger partial charge in [0.25, 0.3) is 0 Å². The van der Waals surface area contributed by atoms with E-state index in [2.05, 4.69) is 25.1 Å². The van der Waals surface area contributed by atoms with Crippen LogP contribution in [-0.2, 0) is 33.7 Å². The van der Waals surface area contributed by atoms with Gasteiger partial charge in [0.05, 0.1) is 31.3 Å². The number of carbonyl (C=O) groups excluding carboxylic acids is 2. The predicted octanol–water partition coefficient (Wildman–Crippen LogP) is 5.03. The highest BCUT2D eigenvalue weighted by atomic mass is 28.4. The molecule has 8 heteroatoms. The summed E-state index contributed by atoms with van der Waals surface area (Å²) in [5, 5.41) is 10.0. The quantitative estimate of drug-likeness (QED) is 0.368. The first-order valence-corrected chi connectivity index (χ1v) is 17.3. The molecule has 0 spiro atoms. The lowest BCUT2D eigenvalue weighted by Crippen LogP contribution is -2.48. The molecule has 2 saturated heterocycles. The van der Waals surface area contributed by atoms with E-state index < -0.39 is 14.5 Å². The number of aliphatic hydroxyl groups excluding tert-OH is 1. The van der Waals surface area contributed by atoms with Crippen molar-refractivity contribution in [3.05, 3.63) is 65.2 Å². The molecule has 5 atom stereocenters. The molecule has 2 amide bonds.